The number of hydrogen-bond acceptors (Lipinski definition) is 6. The fourth-order valence-corrected chi connectivity index (χ4v) is 3.54. The molecule has 0 aromatic heterocycles. The van der Waals surface area contributed by atoms with Crippen LogP contribution in [0.5, 0.6) is 11.5 Å². The molecule has 0 radical (unpaired) electrons. The number of rotatable bonds is 8. The Morgan fingerprint density at radius 1 is 1.27 bits per heavy atom. The number of carboxylic acids is 1. The summed E-state index contributed by atoms with van der Waals surface area (Å²) in [6.07, 6.45) is 2.89. The van der Waals surface area contributed by atoms with E-state index in [0.29, 0.717) is 11.3 Å². The van der Waals surface area contributed by atoms with Gasteiger partial charge in [0, 0.05) is 6.54 Å². The minimum Gasteiger partial charge on any atom is -0.493 e. The van der Waals surface area contributed by atoms with Crippen LogP contribution in [0.15, 0.2) is 54.6 Å². The van der Waals surface area contributed by atoms with Crippen LogP contribution in [0.4, 0.5) is 0 Å². The first-order chi connectivity index (χ1) is 15.7. The first kappa shape index (κ1) is 24.0. The maximum absolute atomic E-state index is 12.7. The van der Waals surface area contributed by atoms with Gasteiger partial charge in [-0.2, -0.15) is 0 Å². The number of carboxylic acid groups (broad SMARTS) is 1. The molecule has 0 spiro atoms. The third-order valence-corrected chi connectivity index (χ3v) is 5.25. The number of aromatic carboxylic acids is 1. The van der Waals surface area contributed by atoms with Crippen LogP contribution in [0, 0.1) is 0 Å². The molecular formula is C23H19ClN2O6S. The van der Waals surface area contributed by atoms with Gasteiger partial charge < -0.3 is 14.6 Å². The highest BCUT2D eigenvalue weighted by Gasteiger charge is 2.32. The van der Waals surface area contributed by atoms with Crippen LogP contribution in [0.25, 0.3) is 6.08 Å². The smallest absolute Gasteiger partial charge is 0.335 e. The Morgan fingerprint density at radius 2 is 1.97 bits per heavy atom. The first-order valence-electron chi connectivity index (χ1n) is 9.57. The molecule has 8 nitrogen and oxygen atoms in total. The van der Waals surface area contributed by atoms with Crippen molar-refractivity contribution in [1.82, 2.24) is 10.2 Å². The van der Waals surface area contributed by atoms with E-state index >= 15 is 0 Å². The van der Waals surface area contributed by atoms with Crippen LogP contribution in [-0.4, -0.2) is 46.6 Å². The van der Waals surface area contributed by atoms with E-state index in [2.05, 4.69) is 11.9 Å². The molecule has 0 aliphatic carbocycles. The lowest BCUT2D eigenvalue weighted by molar-refractivity contribution is -0.128. The predicted molar refractivity (Wildman–Crippen MR) is 126 cm³/mol. The summed E-state index contributed by atoms with van der Waals surface area (Å²) in [5.41, 5.74) is 1.23. The van der Waals surface area contributed by atoms with Crippen molar-refractivity contribution in [1.29, 1.82) is 0 Å². The van der Waals surface area contributed by atoms with E-state index in [1.54, 1.807) is 18.2 Å². The zero-order chi connectivity index (χ0) is 24.1. The van der Waals surface area contributed by atoms with Crippen LogP contribution in [0.2, 0.25) is 5.02 Å². The highest BCUT2D eigenvalue weighted by atomic mass is 35.5. The number of halogens is 1. The van der Waals surface area contributed by atoms with Gasteiger partial charge >= 0.3 is 5.97 Å². The van der Waals surface area contributed by atoms with Crippen molar-refractivity contribution in [2.75, 3.05) is 13.7 Å². The van der Waals surface area contributed by atoms with E-state index in [-0.39, 0.29) is 40.2 Å². The summed E-state index contributed by atoms with van der Waals surface area (Å²) in [5.74, 6) is -1.64. The van der Waals surface area contributed by atoms with Crippen molar-refractivity contribution in [3.05, 3.63) is 76.3 Å². The highest BCUT2D eigenvalue weighted by molar-refractivity contribution is 7.80. The lowest BCUT2D eigenvalue weighted by Gasteiger charge is -2.27. The molecule has 1 aliphatic rings. The number of nitrogens with zero attached hydrogens (tertiary/aromatic N) is 1. The number of ether oxygens (including phenoxy) is 2. The Kier molecular flexibility index (Phi) is 7.47. The molecule has 2 aromatic rings. The second-order valence-electron chi connectivity index (χ2n) is 6.85. The predicted octanol–water partition coefficient (Wildman–Crippen LogP) is 3.44. The summed E-state index contributed by atoms with van der Waals surface area (Å²) >= 11 is 11.4. The minimum absolute atomic E-state index is 0.0119. The van der Waals surface area contributed by atoms with Gasteiger partial charge in [-0.3, -0.25) is 19.8 Å². The second-order valence-corrected chi connectivity index (χ2v) is 7.64. The van der Waals surface area contributed by atoms with Gasteiger partial charge in [0.05, 0.1) is 17.7 Å². The molecule has 2 aromatic carbocycles. The molecular weight excluding hydrogens is 468 g/mol. The molecule has 0 unspecified atom stereocenters. The normalized spacial score (nSPS) is 14.8. The van der Waals surface area contributed by atoms with Crippen LogP contribution in [0.3, 0.4) is 0 Å². The molecule has 2 N–H and O–H groups in total. The fourth-order valence-electron chi connectivity index (χ4n) is 3.02. The average molecular weight is 487 g/mol. The highest BCUT2D eigenvalue weighted by Crippen LogP contribution is 2.37. The van der Waals surface area contributed by atoms with Gasteiger partial charge in [-0.25, -0.2) is 4.79 Å². The number of nitrogens with one attached hydrogen (secondary N) is 1. The van der Waals surface area contributed by atoms with Crippen molar-refractivity contribution in [3.8, 4) is 11.5 Å². The Bertz CT molecular complexity index is 1180. The number of hydrogen-bond donors (Lipinski definition) is 2. The molecule has 0 bridgehead atoms. The van der Waals surface area contributed by atoms with E-state index in [9.17, 15) is 14.4 Å². The fraction of sp³-hybridized carbons (Fsp3) is 0.130. The van der Waals surface area contributed by atoms with E-state index in [1.807, 2.05) is 0 Å². The van der Waals surface area contributed by atoms with E-state index in [1.165, 1.54) is 42.4 Å². The molecule has 3 rings (SSSR count). The summed E-state index contributed by atoms with van der Waals surface area (Å²) in [4.78, 5) is 37.2. The molecule has 1 aliphatic heterocycles. The summed E-state index contributed by atoms with van der Waals surface area (Å²) in [6.45, 7) is 3.86. The van der Waals surface area contributed by atoms with Gasteiger partial charge in [-0.1, -0.05) is 29.8 Å². The molecule has 2 amide bonds. The Labute approximate surface area is 200 Å². The first-order valence-corrected chi connectivity index (χ1v) is 10.4. The molecule has 170 valence electrons. The van der Waals surface area contributed by atoms with Crippen LogP contribution in [0.1, 0.15) is 21.5 Å². The molecule has 1 heterocycles. The van der Waals surface area contributed by atoms with Gasteiger partial charge in [0.15, 0.2) is 16.6 Å². The van der Waals surface area contributed by atoms with E-state index < -0.39 is 17.8 Å². The second kappa shape index (κ2) is 10.3. The molecule has 1 saturated heterocycles. The third kappa shape index (κ3) is 5.39. The Balaban J connectivity index is 1.85. The Morgan fingerprint density at radius 3 is 2.58 bits per heavy atom. The number of carbonyl (C=O) groups excluding carboxylic acids is 2. The van der Waals surface area contributed by atoms with Gasteiger partial charge in [0.1, 0.15) is 12.2 Å². The molecule has 1 fully saturated rings. The number of methoxy groups -OCH3 is 1. The lowest BCUT2D eigenvalue weighted by atomic mass is 10.1. The largest absolute Gasteiger partial charge is 0.493 e. The van der Waals surface area contributed by atoms with E-state index in [0.717, 1.165) is 5.56 Å². The Hall–Kier alpha value is -3.69. The van der Waals surface area contributed by atoms with Gasteiger partial charge in [-0.15, -0.1) is 6.58 Å². The zero-order valence-corrected chi connectivity index (χ0v) is 19.0. The third-order valence-electron chi connectivity index (χ3n) is 4.64. The summed E-state index contributed by atoms with van der Waals surface area (Å²) in [5, 5.41) is 11.7. The lowest BCUT2D eigenvalue weighted by Crippen LogP contribution is -2.53. The number of thiocarbonyl (C=S) groups is 1. The van der Waals surface area contributed by atoms with E-state index in [4.69, 9.17) is 38.4 Å². The standard InChI is InChI=1S/C23H19ClN2O6S/c1-3-8-26-21(28)16(20(27)25-23(26)33)9-14-10-17(24)19(18(11-14)31-2)32-12-13-4-6-15(7-5-13)22(29)30/h3-7,9-11H,1,8,12H2,2H3,(H,29,30)(H,25,27,33)/b16-9-. The number of benzene rings is 2. The van der Waals surface area contributed by atoms with Crippen molar-refractivity contribution in [2.24, 2.45) is 0 Å². The summed E-state index contributed by atoms with van der Waals surface area (Å²) in [7, 11) is 1.43. The van der Waals surface area contributed by atoms with Crippen LogP contribution in [-0.2, 0) is 16.2 Å². The van der Waals surface area contributed by atoms with Crippen molar-refractivity contribution >= 4 is 52.8 Å². The molecule has 10 heteroatoms. The number of carbonyl (C=O) groups is 3. The molecule has 0 saturated carbocycles. The summed E-state index contributed by atoms with van der Waals surface area (Å²) < 4.78 is 11.2. The SMILES string of the molecule is C=CCN1C(=O)/C(=C\c2cc(Cl)c(OCc3ccc(C(=O)O)cc3)c(OC)c2)C(=O)NC1=S. The van der Waals surface area contributed by atoms with Crippen molar-refractivity contribution in [3.63, 3.8) is 0 Å². The monoisotopic (exact) mass is 486 g/mol. The van der Waals surface area contributed by atoms with Crippen LogP contribution >= 0.6 is 23.8 Å². The van der Waals surface area contributed by atoms with Gasteiger partial charge in [0.25, 0.3) is 11.8 Å². The zero-order valence-electron chi connectivity index (χ0n) is 17.5. The average Bonchev–Trinajstić information content (AvgIpc) is 2.78. The van der Waals surface area contributed by atoms with Gasteiger partial charge in [0.2, 0.25) is 0 Å². The van der Waals surface area contributed by atoms with Gasteiger partial charge in [-0.05, 0) is 53.7 Å². The topological polar surface area (TPSA) is 105 Å². The van der Waals surface area contributed by atoms with Crippen LogP contribution < -0.4 is 14.8 Å². The van der Waals surface area contributed by atoms with Crippen molar-refractivity contribution < 1.29 is 29.0 Å². The maximum Gasteiger partial charge on any atom is 0.335 e. The minimum atomic E-state index is -1.02. The molecule has 0 atom stereocenters. The van der Waals surface area contributed by atoms with Crippen molar-refractivity contribution in [2.45, 2.75) is 6.61 Å². The molecule has 33 heavy (non-hydrogen) atoms. The summed E-state index contributed by atoms with van der Waals surface area (Å²) in [6, 6.07) is 9.33. The number of amides is 2. The maximum atomic E-state index is 12.7. The quantitative estimate of drug-likeness (QED) is 0.255.